The molecule has 16 heavy (non-hydrogen) atoms. The van der Waals surface area contributed by atoms with Gasteiger partial charge in [0.1, 0.15) is 0 Å². The molecule has 0 atom stereocenters. The van der Waals surface area contributed by atoms with Gasteiger partial charge in [0.05, 0.1) is 0 Å². The zero-order valence-electron chi connectivity index (χ0n) is 8.88. The van der Waals surface area contributed by atoms with E-state index < -0.39 is 0 Å². The highest BCUT2D eigenvalue weighted by Crippen LogP contribution is 2.31. The number of hydrogen-bond acceptors (Lipinski definition) is 2. The second kappa shape index (κ2) is 3.81. The van der Waals surface area contributed by atoms with Crippen LogP contribution in [0.5, 0.6) is 0 Å². The van der Waals surface area contributed by atoms with E-state index in [9.17, 15) is 0 Å². The molecule has 1 aromatic heterocycles. The largest absolute Gasteiger partial charge is 0.337 e. The maximum atomic E-state index is 4.05. The maximum absolute atomic E-state index is 4.05. The van der Waals surface area contributed by atoms with Gasteiger partial charge in [-0.25, -0.2) is 0 Å². The Morgan fingerprint density at radius 2 is 1.81 bits per heavy atom. The Kier molecular flexibility index (Phi) is 2.18. The average molecular weight is 208 g/mol. The number of pyridine rings is 1. The number of fused-ring (bicyclic) bond motifs is 1. The molecule has 2 heteroatoms. The van der Waals surface area contributed by atoms with Crippen LogP contribution in [0, 0.1) is 0 Å². The van der Waals surface area contributed by atoms with E-state index in [-0.39, 0.29) is 0 Å². The molecule has 78 valence electrons. The molecule has 0 fully saturated rings. The standard InChI is InChI=1S/C14H12N2/c1-2-6-14-12(4-1)5-3-11-16(14)13-7-9-15-10-8-13/h1-10H,11H2. The highest BCUT2D eigenvalue weighted by molar-refractivity contribution is 5.77. The molecule has 0 bridgehead atoms. The van der Waals surface area contributed by atoms with E-state index in [4.69, 9.17) is 0 Å². The molecule has 0 unspecified atom stereocenters. The number of rotatable bonds is 1. The van der Waals surface area contributed by atoms with Crippen LogP contribution >= 0.6 is 0 Å². The summed E-state index contributed by atoms with van der Waals surface area (Å²) >= 11 is 0. The predicted molar refractivity (Wildman–Crippen MR) is 66.7 cm³/mol. The average Bonchev–Trinajstić information content (AvgIpc) is 2.39. The van der Waals surface area contributed by atoms with Crippen LogP contribution in [0.2, 0.25) is 0 Å². The van der Waals surface area contributed by atoms with Crippen molar-refractivity contribution in [3.8, 4) is 0 Å². The van der Waals surface area contributed by atoms with E-state index in [1.54, 1.807) is 0 Å². The first-order valence-corrected chi connectivity index (χ1v) is 5.38. The van der Waals surface area contributed by atoms with Gasteiger partial charge in [0, 0.05) is 30.3 Å². The van der Waals surface area contributed by atoms with Gasteiger partial charge in [-0.2, -0.15) is 0 Å². The van der Waals surface area contributed by atoms with Gasteiger partial charge < -0.3 is 4.90 Å². The molecule has 2 heterocycles. The van der Waals surface area contributed by atoms with Gasteiger partial charge in [0.15, 0.2) is 0 Å². The molecule has 3 rings (SSSR count). The smallest absolute Gasteiger partial charge is 0.0487 e. The monoisotopic (exact) mass is 208 g/mol. The Morgan fingerprint density at radius 3 is 2.69 bits per heavy atom. The van der Waals surface area contributed by atoms with Gasteiger partial charge in [0.25, 0.3) is 0 Å². The third-order valence-corrected chi connectivity index (χ3v) is 2.79. The zero-order chi connectivity index (χ0) is 10.8. The van der Waals surface area contributed by atoms with Gasteiger partial charge in [0.2, 0.25) is 0 Å². The highest BCUT2D eigenvalue weighted by atomic mass is 15.1. The summed E-state index contributed by atoms with van der Waals surface area (Å²) in [6.45, 7) is 0.918. The Balaban J connectivity index is 2.09. The second-order valence-corrected chi connectivity index (χ2v) is 3.78. The lowest BCUT2D eigenvalue weighted by Crippen LogP contribution is -2.19. The molecule has 1 aliphatic rings. The second-order valence-electron chi connectivity index (χ2n) is 3.78. The van der Waals surface area contributed by atoms with Gasteiger partial charge in [-0.05, 0) is 23.8 Å². The topological polar surface area (TPSA) is 16.1 Å². The van der Waals surface area contributed by atoms with Crippen molar-refractivity contribution >= 4 is 17.5 Å². The van der Waals surface area contributed by atoms with E-state index in [0.717, 1.165) is 6.54 Å². The fourth-order valence-electron chi connectivity index (χ4n) is 2.03. The van der Waals surface area contributed by atoms with Gasteiger partial charge >= 0.3 is 0 Å². The van der Waals surface area contributed by atoms with Crippen LogP contribution in [0.4, 0.5) is 11.4 Å². The molecule has 0 aliphatic carbocycles. The number of para-hydroxylation sites is 1. The Labute approximate surface area is 94.9 Å². The van der Waals surface area contributed by atoms with Crippen LogP contribution in [0.3, 0.4) is 0 Å². The summed E-state index contributed by atoms with van der Waals surface area (Å²) in [4.78, 5) is 6.34. The van der Waals surface area contributed by atoms with E-state index in [1.807, 2.05) is 24.5 Å². The molecule has 0 N–H and O–H groups in total. The van der Waals surface area contributed by atoms with Crippen LogP contribution < -0.4 is 4.90 Å². The summed E-state index contributed by atoms with van der Waals surface area (Å²) in [7, 11) is 0. The van der Waals surface area contributed by atoms with E-state index in [0.29, 0.717) is 0 Å². The minimum Gasteiger partial charge on any atom is -0.337 e. The summed E-state index contributed by atoms with van der Waals surface area (Å²) < 4.78 is 0. The lowest BCUT2D eigenvalue weighted by molar-refractivity contribution is 1.08. The molecule has 1 aliphatic heterocycles. The number of benzene rings is 1. The van der Waals surface area contributed by atoms with Crippen LogP contribution in [0.1, 0.15) is 5.56 Å². The lowest BCUT2D eigenvalue weighted by Gasteiger charge is -2.27. The lowest BCUT2D eigenvalue weighted by atomic mass is 10.1. The minimum absolute atomic E-state index is 0.918. The molecule has 2 nitrogen and oxygen atoms in total. The van der Waals surface area contributed by atoms with Crippen molar-refractivity contribution in [2.24, 2.45) is 0 Å². The van der Waals surface area contributed by atoms with Crippen LogP contribution in [-0.2, 0) is 0 Å². The molecule has 0 spiro atoms. The van der Waals surface area contributed by atoms with Crippen molar-refractivity contribution in [3.05, 3.63) is 60.4 Å². The first-order valence-electron chi connectivity index (χ1n) is 5.38. The molecule has 1 aromatic carbocycles. The maximum Gasteiger partial charge on any atom is 0.0487 e. The van der Waals surface area contributed by atoms with E-state index in [2.05, 4.69) is 46.3 Å². The van der Waals surface area contributed by atoms with Gasteiger partial charge in [-0.1, -0.05) is 30.4 Å². The van der Waals surface area contributed by atoms with Crippen molar-refractivity contribution < 1.29 is 0 Å². The van der Waals surface area contributed by atoms with Crippen molar-refractivity contribution in [1.82, 2.24) is 4.98 Å². The van der Waals surface area contributed by atoms with Crippen LogP contribution in [-0.4, -0.2) is 11.5 Å². The Hall–Kier alpha value is -2.09. The van der Waals surface area contributed by atoms with Crippen molar-refractivity contribution in [1.29, 1.82) is 0 Å². The van der Waals surface area contributed by atoms with Crippen molar-refractivity contribution in [2.75, 3.05) is 11.4 Å². The normalized spacial score (nSPS) is 13.6. The van der Waals surface area contributed by atoms with Gasteiger partial charge in [-0.3, -0.25) is 4.98 Å². The molecule has 2 aromatic rings. The number of anilines is 2. The summed E-state index contributed by atoms with van der Waals surface area (Å²) in [6.07, 6.45) is 8.02. The highest BCUT2D eigenvalue weighted by Gasteiger charge is 2.13. The number of nitrogens with zero attached hydrogens (tertiary/aromatic N) is 2. The predicted octanol–water partition coefficient (Wildman–Crippen LogP) is 3.25. The Bertz CT molecular complexity index is 517. The molecular formula is C14H12N2. The minimum atomic E-state index is 0.918. The van der Waals surface area contributed by atoms with Crippen LogP contribution in [0.15, 0.2) is 54.9 Å². The third kappa shape index (κ3) is 1.48. The van der Waals surface area contributed by atoms with E-state index >= 15 is 0 Å². The van der Waals surface area contributed by atoms with E-state index in [1.165, 1.54) is 16.9 Å². The number of aromatic nitrogens is 1. The van der Waals surface area contributed by atoms with Crippen molar-refractivity contribution in [3.63, 3.8) is 0 Å². The summed E-state index contributed by atoms with van der Waals surface area (Å²) in [5.74, 6) is 0. The van der Waals surface area contributed by atoms with Crippen molar-refractivity contribution in [2.45, 2.75) is 0 Å². The third-order valence-electron chi connectivity index (χ3n) is 2.79. The molecule has 0 saturated heterocycles. The molecule has 0 amide bonds. The van der Waals surface area contributed by atoms with Crippen LogP contribution in [0.25, 0.3) is 6.08 Å². The SMILES string of the molecule is C1=Cc2ccccc2N(c2ccncc2)C1. The Morgan fingerprint density at radius 1 is 1.00 bits per heavy atom. The summed E-state index contributed by atoms with van der Waals surface area (Å²) in [6, 6.07) is 12.5. The fourth-order valence-corrected chi connectivity index (χ4v) is 2.03. The molecule has 0 radical (unpaired) electrons. The quantitative estimate of drug-likeness (QED) is 0.715. The number of hydrogen-bond donors (Lipinski definition) is 0. The summed E-state index contributed by atoms with van der Waals surface area (Å²) in [5, 5.41) is 0. The van der Waals surface area contributed by atoms with Gasteiger partial charge in [-0.15, -0.1) is 0 Å². The first-order chi connectivity index (χ1) is 7.95. The fraction of sp³-hybridized carbons (Fsp3) is 0.0714. The molecular weight excluding hydrogens is 196 g/mol. The first kappa shape index (κ1) is 9.16. The molecule has 0 saturated carbocycles. The summed E-state index contributed by atoms with van der Waals surface area (Å²) in [5.41, 5.74) is 3.72. The zero-order valence-corrected chi connectivity index (χ0v) is 8.88.